The highest BCUT2D eigenvalue weighted by molar-refractivity contribution is 6.29. The Labute approximate surface area is 141 Å². The van der Waals surface area contributed by atoms with Gasteiger partial charge in [-0.15, -0.1) is 0 Å². The van der Waals surface area contributed by atoms with Crippen molar-refractivity contribution in [1.82, 2.24) is 14.9 Å². The first kappa shape index (κ1) is 17.9. The van der Waals surface area contributed by atoms with Crippen LogP contribution in [0.15, 0.2) is 12.4 Å². The molecule has 0 aromatic carbocycles. The Bertz CT molecular complexity index is 540. The number of carbonyl (C=O) groups excluding carboxylic acids is 1. The third kappa shape index (κ3) is 5.04. The molecular formula is C16H24ClN3O3. The fourth-order valence-electron chi connectivity index (χ4n) is 2.83. The molecule has 1 N–H and O–H groups in total. The van der Waals surface area contributed by atoms with Crippen molar-refractivity contribution >= 4 is 17.7 Å². The van der Waals surface area contributed by atoms with Crippen molar-refractivity contribution in [2.24, 2.45) is 5.92 Å². The van der Waals surface area contributed by atoms with Crippen LogP contribution in [0.1, 0.15) is 45.2 Å². The molecule has 1 aliphatic heterocycles. The summed E-state index contributed by atoms with van der Waals surface area (Å²) in [7, 11) is 0. The molecule has 0 spiro atoms. The summed E-state index contributed by atoms with van der Waals surface area (Å²) in [6.45, 7) is 6.80. The lowest BCUT2D eigenvalue weighted by Crippen LogP contribution is -2.43. The Hall–Kier alpha value is -1.40. The van der Waals surface area contributed by atoms with E-state index < -0.39 is 5.60 Å². The number of likely N-dealkylation sites (tertiary alicyclic amines) is 1. The van der Waals surface area contributed by atoms with Gasteiger partial charge in [-0.1, -0.05) is 11.6 Å². The zero-order valence-corrected chi connectivity index (χ0v) is 14.6. The zero-order valence-electron chi connectivity index (χ0n) is 13.8. The van der Waals surface area contributed by atoms with E-state index in [1.165, 1.54) is 6.20 Å². The van der Waals surface area contributed by atoms with E-state index in [0.717, 1.165) is 12.8 Å². The highest BCUT2D eigenvalue weighted by atomic mass is 35.5. The SMILES string of the molecule is CC(C)(C)OC(=O)N1CCC([C@H](CO)c2cncc(Cl)n2)CC1. The molecule has 1 saturated heterocycles. The van der Waals surface area contributed by atoms with Crippen LogP contribution in [0.3, 0.4) is 0 Å². The van der Waals surface area contributed by atoms with E-state index in [1.807, 2.05) is 20.8 Å². The quantitative estimate of drug-likeness (QED) is 0.914. The van der Waals surface area contributed by atoms with Gasteiger partial charge in [-0.3, -0.25) is 4.98 Å². The minimum Gasteiger partial charge on any atom is -0.444 e. The molecule has 0 saturated carbocycles. The molecule has 1 atom stereocenters. The van der Waals surface area contributed by atoms with E-state index in [1.54, 1.807) is 11.1 Å². The summed E-state index contributed by atoms with van der Waals surface area (Å²) in [6, 6.07) is 0. The molecule has 23 heavy (non-hydrogen) atoms. The summed E-state index contributed by atoms with van der Waals surface area (Å²) in [6.07, 6.45) is 4.42. The second-order valence-electron chi connectivity index (χ2n) is 6.86. The van der Waals surface area contributed by atoms with Gasteiger partial charge >= 0.3 is 6.09 Å². The number of rotatable bonds is 3. The summed E-state index contributed by atoms with van der Waals surface area (Å²) in [5, 5.41) is 10.1. The first-order valence-electron chi connectivity index (χ1n) is 7.86. The molecule has 1 amide bonds. The molecule has 1 aliphatic rings. The van der Waals surface area contributed by atoms with Crippen LogP contribution in [0.25, 0.3) is 0 Å². The number of piperidine rings is 1. The maximum Gasteiger partial charge on any atom is 0.410 e. The van der Waals surface area contributed by atoms with Gasteiger partial charge in [0.2, 0.25) is 0 Å². The van der Waals surface area contributed by atoms with Crippen molar-refractivity contribution in [3.05, 3.63) is 23.2 Å². The van der Waals surface area contributed by atoms with Crippen LogP contribution in [0.2, 0.25) is 5.15 Å². The number of ether oxygens (including phenoxy) is 1. The third-order valence-corrected chi connectivity index (χ3v) is 4.14. The van der Waals surface area contributed by atoms with Gasteiger partial charge < -0.3 is 14.7 Å². The van der Waals surface area contributed by atoms with Crippen LogP contribution < -0.4 is 0 Å². The van der Waals surface area contributed by atoms with E-state index in [-0.39, 0.29) is 24.5 Å². The van der Waals surface area contributed by atoms with Crippen molar-refractivity contribution in [3.63, 3.8) is 0 Å². The maximum atomic E-state index is 12.1. The zero-order chi connectivity index (χ0) is 17.0. The topological polar surface area (TPSA) is 75.5 Å². The minimum atomic E-state index is -0.488. The van der Waals surface area contributed by atoms with E-state index in [2.05, 4.69) is 9.97 Å². The smallest absolute Gasteiger partial charge is 0.410 e. The van der Waals surface area contributed by atoms with Crippen LogP contribution >= 0.6 is 11.6 Å². The van der Waals surface area contributed by atoms with E-state index in [9.17, 15) is 9.90 Å². The lowest BCUT2D eigenvalue weighted by Gasteiger charge is -2.36. The summed E-state index contributed by atoms with van der Waals surface area (Å²) < 4.78 is 5.40. The summed E-state index contributed by atoms with van der Waals surface area (Å²) in [4.78, 5) is 22.1. The van der Waals surface area contributed by atoms with Crippen molar-refractivity contribution in [2.75, 3.05) is 19.7 Å². The van der Waals surface area contributed by atoms with Gasteiger partial charge in [0, 0.05) is 25.2 Å². The molecule has 2 rings (SSSR count). The normalized spacial score (nSPS) is 17.9. The van der Waals surface area contributed by atoms with Gasteiger partial charge in [0.1, 0.15) is 10.8 Å². The summed E-state index contributed by atoms with van der Waals surface area (Å²) >= 11 is 5.89. The predicted octanol–water partition coefficient (Wildman–Crippen LogP) is 2.85. The van der Waals surface area contributed by atoms with Crippen LogP contribution in [-0.2, 0) is 4.74 Å². The Morgan fingerprint density at radius 1 is 1.43 bits per heavy atom. The fourth-order valence-corrected chi connectivity index (χ4v) is 2.98. The molecule has 0 radical (unpaired) electrons. The second kappa shape index (κ2) is 7.45. The van der Waals surface area contributed by atoms with Crippen molar-refractivity contribution in [3.8, 4) is 0 Å². The monoisotopic (exact) mass is 341 g/mol. The van der Waals surface area contributed by atoms with Gasteiger partial charge in [0.25, 0.3) is 0 Å². The van der Waals surface area contributed by atoms with Gasteiger partial charge in [0.15, 0.2) is 0 Å². The fraction of sp³-hybridized carbons (Fsp3) is 0.688. The van der Waals surface area contributed by atoms with Crippen molar-refractivity contribution in [1.29, 1.82) is 0 Å². The number of aliphatic hydroxyl groups is 1. The van der Waals surface area contributed by atoms with Crippen LogP contribution in [0, 0.1) is 5.92 Å². The van der Waals surface area contributed by atoms with Crippen LogP contribution in [0.5, 0.6) is 0 Å². The minimum absolute atomic E-state index is 0.00781. The summed E-state index contributed by atoms with van der Waals surface area (Å²) in [5.41, 5.74) is 0.216. The molecule has 0 aliphatic carbocycles. The first-order valence-corrected chi connectivity index (χ1v) is 8.24. The van der Waals surface area contributed by atoms with Crippen molar-refractivity contribution < 1.29 is 14.6 Å². The largest absolute Gasteiger partial charge is 0.444 e. The van der Waals surface area contributed by atoms with Crippen LogP contribution in [-0.4, -0.2) is 51.4 Å². The molecule has 128 valence electrons. The molecule has 6 nitrogen and oxygen atoms in total. The van der Waals surface area contributed by atoms with Gasteiger partial charge in [0.05, 0.1) is 18.5 Å². The number of nitrogens with zero attached hydrogens (tertiary/aromatic N) is 3. The molecular weight excluding hydrogens is 318 g/mol. The number of carbonyl (C=O) groups is 1. The number of halogens is 1. The Balaban J connectivity index is 1.96. The average molecular weight is 342 g/mol. The second-order valence-corrected chi connectivity index (χ2v) is 7.25. The van der Waals surface area contributed by atoms with Gasteiger partial charge in [-0.25, -0.2) is 9.78 Å². The highest BCUT2D eigenvalue weighted by Gasteiger charge is 2.31. The van der Waals surface area contributed by atoms with E-state index in [4.69, 9.17) is 16.3 Å². The molecule has 1 aromatic heterocycles. The molecule has 0 bridgehead atoms. The first-order chi connectivity index (χ1) is 10.8. The Morgan fingerprint density at radius 2 is 2.09 bits per heavy atom. The number of aromatic nitrogens is 2. The number of hydrogen-bond acceptors (Lipinski definition) is 5. The third-order valence-electron chi connectivity index (χ3n) is 3.96. The van der Waals surface area contributed by atoms with Crippen LogP contribution in [0.4, 0.5) is 4.79 Å². The standard InChI is InChI=1S/C16H24ClN3O3/c1-16(2,3)23-15(22)20-6-4-11(5-7-20)12(10-21)13-8-18-9-14(17)19-13/h8-9,11-12,21H,4-7,10H2,1-3H3/t12-/m0/s1. The van der Waals surface area contributed by atoms with Crippen molar-refractivity contribution in [2.45, 2.75) is 45.1 Å². The summed E-state index contributed by atoms with van der Waals surface area (Å²) in [5.74, 6) is 0.133. The van der Waals surface area contributed by atoms with E-state index in [0.29, 0.717) is 23.9 Å². The Kier molecular flexibility index (Phi) is 5.81. The average Bonchev–Trinajstić information content (AvgIpc) is 2.47. The predicted molar refractivity (Wildman–Crippen MR) is 87.4 cm³/mol. The number of hydrogen-bond donors (Lipinski definition) is 1. The maximum absolute atomic E-state index is 12.1. The molecule has 0 unspecified atom stereocenters. The lowest BCUT2D eigenvalue weighted by atomic mass is 9.83. The molecule has 1 aromatic rings. The highest BCUT2D eigenvalue weighted by Crippen LogP contribution is 2.32. The molecule has 7 heteroatoms. The number of aliphatic hydroxyl groups excluding tert-OH is 1. The molecule has 1 fully saturated rings. The van der Waals surface area contributed by atoms with E-state index >= 15 is 0 Å². The van der Waals surface area contributed by atoms with Gasteiger partial charge in [-0.05, 0) is 39.5 Å². The number of amides is 1. The Morgan fingerprint density at radius 3 is 2.61 bits per heavy atom. The lowest BCUT2D eigenvalue weighted by molar-refractivity contribution is 0.0164. The van der Waals surface area contributed by atoms with Gasteiger partial charge in [-0.2, -0.15) is 0 Å². The molecule has 2 heterocycles.